The van der Waals surface area contributed by atoms with Crippen LogP contribution in [0.4, 0.5) is 0 Å². The molecule has 3 nitrogen and oxygen atoms in total. The lowest BCUT2D eigenvalue weighted by Gasteiger charge is -1.99. The Hall–Kier alpha value is -1.79. The first kappa shape index (κ1) is 8.79. The van der Waals surface area contributed by atoms with Crippen molar-refractivity contribution in [1.29, 1.82) is 5.26 Å². The Morgan fingerprint density at radius 2 is 2.21 bits per heavy atom. The number of aromatic amines is 1. The molecule has 1 aromatic heterocycles. The molecule has 0 radical (unpaired) electrons. The molecule has 0 unspecified atom stereocenters. The molecule has 2 aromatic rings. The minimum atomic E-state index is -0.196. The van der Waals surface area contributed by atoms with Gasteiger partial charge in [-0.05, 0) is 12.1 Å². The fourth-order valence-corrected chi connectivity index (χ4v) is 1.52. The van der Waals surface area contributed by atoms with E-state index in [1.54, 1.807) is 18.2 Å². The zero-order valence-corrected chi connectivity index (χ0v) is 7.80. The van der Waals surface area contributed by atoms with E-state index in [4.69, 9.17) is 16.9 Å². The van der Waals surface area contributed by atoms with Crippen molar-refractivity contribution in [3.63, 3.8) is 0 Å². The van der Waals surface area contributed by atoms with Crippen molar-refractivity contribution in [2.45, 2.75) is 0 Å². The summed E-state index contributed by atoms with van der Waals surface area (Å²) >= 11 is 5.88. The fraction of sp³-hybridized carbons (Fsp3) is 0. The van der Waals surface area contributed by atoms with Gasteiger partial charge in [0.05, 0.1) is 10.5 Å². The standard InChI is InChI=1S/C10H5ClN2O/c11-8-3-1-2-7-9(14)4-6(5-12)13-10(7)8/h1-4H,(H,13,14). The minimum Gasteiger partial charge on any atom is -0.345 e. The minimum absolute atomic E-state index is 0.196. The lowest BCUT2D eigenvalue weighted by molar-refractivity contribution is 1.31. The largest absolute Gasteiger partial charge is 0.345 e. The lowest BCUT2D eigenvalue weighted by Crippen LogP contribution is -2.03. The van der Waals surface area contributed by atoms with E-state index < -0.39 is 0 Å². The van der Waals surface area contributed by atoms with E-state index in [1.165, 1.54) is 6.07 Å². The number of H-pyrrole nitrogens is 1. The third kappa shape index (κ3) is 1.26. The van der Waals surface area contributed by atoms with E-state index in [2.05, 4.69) is 4.98 Å². The molecule has 0 bridgehead atoms. The molecule has 0 aliphatic carbocycles. The van der Waals surface area contributed by atoms with E-state index >= 15 is 0 Å². The number of nitrogens with zero attached hydrogens (tertiary/aromatic N) is 1. The highest BCUT2D eigenvalue weighted by Gasteiger charge is 2.03. The van der Waals surface area contributed by atoms with Crippen LogP contribution in [0.25, 0.3) is 10.9 Å². The van der Waals surface area contributed by atoms with Gasteiger partial charge in [-0.3, -0.25) is 4.79 Å². The van der Waals surface area contributed by atoms with Crippen molar-refractivity contribution < 1.29 is 0 Å². The van der Waals surface area contributed by atoms with Crippen LogP contribution in [-0.2, 0) is 0 Å². The van der Waals surface area contributed by atoms with Gasteiger partial charge in [-0.15, -0.1) is 0 Å². The summed E-state index contributed by atoms with van der Waals surface area (Å²) in [5.41, 5.74) is 0.534. The van der Waals surface area contributed by atoms with Crippen molar-refractivity contribution in [3.8, 4) is 6.07 Å². The molecular weight excluding hydrogens is 200 g/mol. The van der Waals surface area contributed by atoms with Crippen molar-refractivity contribution >= 4 is 22.5 Å². The van der Waals surface area contributed by atoms with Crippen molar-refractivity contribution in [2.75, 3.05) is 0 Å². The topological polar surface area (TPSA) is 56.6 Å². The summed E-state index contributed by atoms with van der Waals surface area (Å²) in [5, 5.41) is 9.59. The van der Waals surface area contributed by atoms with Gasteiger partial charge in [-0.25, -0.2) is 0 Å². The van der Waals surface area contributed by atoms with Gasteiger partial charge in [0.25, 0.3) is 0 Å². The molecular formula is C10H5ClN2O. The number of nitriles is 1. The molecule has 0 fully saturated rings. The number of hydrogen-bond acceptors (Lipinski definition) is 2. The van der Waals surface area contributed by atoms with Gasteiger partial charge >= 0.3 is 0 Å². The molecule has 1 aromatic carbocycles. The van der Waals surface area contributed by atoms with Crippen LogP contribution < -0.4 is 5.43 Å². The van der Waals surface area contributed by atoms with Gasteiger partial charge in [0.15, 0.2) is 5.43 Å². The van der Waals surface area contributed by atoms with Gasteiger partial charge < -0.3 is 4.98 Å². The molecule has 0 atom stereocenters. The number of para-hydroxylation sites is 1. The van der Waals surface area contributed by atoms with E-state index in [0.717, 1.165) is 0 Å². The summed E-state index contributed by atoms with van der Waals surface area (Å²) in [4.78, 5) is 14.3. The number of rotatable bonds is 0. The SMILES string of the molecule is N#Cc1cc(=O)c2cccc(Cl)c2[nH]1. The van der Waals surface area contributed by atoms with E-state index in [9.17, 15) is 4.79 Å². The molecule has 14 heavy (non-hydrogen) atoms. The molecule has 4 heteroatoms. The van der Waals surface area contributed by atoms with Crippen LogP contribution >= 0.6 is 11.6 Å². The van der Waals surface area contributed by atoms with Crippen LogP contribution in [0.5, 0.6) is 0 Å². The first-order valence-corrected chi connectivity index (χ1v) is 4.32. The van der Waals surface area contributed by atoms with Crippen LogP contribution in [-0.4, -0.2) is 4.98 Å². The Morgan fingerprint density at radius 3 is 2.93 bits per heavy atom. The van der Waals surface area contributed by atoms with Crippen molar-refractivity contribution in [2.24, 2.45) is 0 Å². The number of fused-ring (bicyclic) bond motifs is 1. The van der Waals surface area contributed by atoms with Crippen molar-refractivity contribution in [1.82, 2.24) is 4.98 Å². The highest BCUT2D eigenvalue weighted by atomic mass is 35.5. The zero-order chi connectivity index (χ0) is 10.1. The van der Waals surface area contributed by atoms with Gasteiger partial charge in [0.2, 0.25) is 0 Å². The van der Waals surface area contributed by atoms with E-state index in [0.29, 0.717) is 15.9 Å². The summed E-state index contributed by atoms with van der Waals surface area (Å²) in [5.74, 6) is 0. The summed E-state index contributed by atoms with van der Waals surface area (Å²) in [7, 11) is 0. The highest BCUT2D eigenvalue weighted by Crippen LogP contribution is 2.18. The number of nitrogens with one attached hydrogen (secondary N) is 1. The Morgan fingerprint density at radius 1 is 1.43 bits per heavy atom. The Balaban J connectivity index is 3.00. The number of halogens is 1. The summed E-state index contributed by atoms with van der Waals surface area (Å²) in [6.07, 6.45) is 0. The molecule has 0 spiro atoms. The van der Waals surface area contributed by atoms with E-state index in [-0.39, 0.29) is 11.1 Å². The molecule has 2 rings (SSSR count). The Labute approximate surface area is 84.6 Å². The number of hydrogen-bond donors (Lipinski definition) is 1. The van der Waals surface area contributed by atoms with Crippen LogP contribution in [0.3, 0.4) is 0 Å². The second-order valence-electron chi connectivity index (χ2n) is 2.82. The van der Waals surface area contributed by atoms with Crippen molar-refractivity contribution in [3.05, 3.63) is 45.2 Å². The average Bonchev–Trinajstić information content (AvgIpc) is 2.19. The Kier molecular flexibility index (Phi) is 1.99. The molecule has 0 saturated carbocycles. The fourth-order valence-electron chi connectivity index (χ4n) is 1.30. The van der Waals surface area contributed by atoms with Crippen LogP contribution in [0.1, 0.15) is 5.69 Å². The third-order valence-corrected chi connectivity index (χ3v) is 2.25. The molecule has 1 heterocycles. The molecule has 0 saturated heterocycles. The molecule has 1 N–H and O–H groups in total. The number of pyridine rings is 1. The maximum absolute atomic E-state index is 11.5. The van der Waals surface area contributed by atoms with Gasteiger partial charge in [0, 0.05) is 11.5 Å². The first-order chi connectivity index (χ1) is 6.72. The predicted molar refractivity (Wildman–Crippen MR) is 54.3 cm³/mol. The average molecular weight is 205 g/mol. The van der Waals surface area contributed by atoms with Crippen LogP contribution in [0.2, 0.25) is 5.02 Å². The molecule has 0 aliphatic heterocycles. The van der Waals surface area contributed by atoms with Gasteiger partial charge in [0.1, 0.15) is 11.8 Å². The molecule has 0 aliphatic rings. The Bertz CT molecular complexity index is 595. The lowest BCUT2D eigenvalue weighted by atomic mass is 10.2. The molecule has 68 valence electrons. The number of aromatic nitrogens is 1. The number of benzene rings is 1. The van der Waals surface area contributed by atoms with Gasteiger partial charge in [-0.2, -0.15) is 5.26 Å². The maximum Gasteiger partial charge on any atom is 0.190 e. The normalized spacial score (nSPS) is 10.0. The second-order valence-corrected chi connectivity index (χ2v) is 3.23. The zero-order valence-electron chi connectivity index (χ0n) is 7.04. The van der Waals surface area contributed by atoms with Gasteiger partial charge in [-0.1, -0.05) is 17.7 Å². The van der Waals surface area contributed by atoms with E-state index in [1.807, 2.05) is 6.07 Å². The van der Waals surface area contributed by atoms with Crippen LogP contribution in [0.15, 0.2) is 29.1 Å². The quantitative estimate of drug-likeness (QED) is 0.714. The summed E-state index contributed by atoms with van der Waals surface area (Å²) in [6, 6.07) is 8.17. The third-order valence-electron chi connectivity index (χ3n) is 1.93. The predicted octanol–water partition coefficient (Wildman–Crippen LogP) is 2.05. The second kappa shape index (κ2) is 3.17. The van der Waals surface area contributed by atoms with Crippen LogP contribution in [0, 0.1) is 11.3 Å². The summed E-state index contributed by atoms with van der Waals surface area (Å²) < 4.78 is 0. The summed E-state index contributed by atoms with van der Waals surface area (Å²) in [6.45, 7) is 0. The molecule has 0 amide bonds. The smallest absolute Gasteiger partial charge is 0.190 e. The monoisotopic (exact) mass is 204 g/mol. The maximum atomic E-state index is 11.5. The first-order valence-electron chi connectivity index (χ1n) is 3.94. The highest BCUT2D eigenvalue weighted by molar-refractivity contribution is 6.35.